The van der Waals surface area contributed by atoms with Gasteiger partial charge in [-0.3, -0.25) is 5.32 Å². The Morgan fingerprint density at radius 3 is 2.80 bits per heavy atom. The van der Waals surface area contributed by atoms with Crippen molar-refractivity contribution in [2.45, 2.75) is 18.6 Å². The van der Waals surface area contributed by atoms with Crippen molar-refractivity contribution in [3.8, 4) is 0 Å². The van der Waals surface area contributed by atoms with E-state index >= 15 is 0 Å². The number of fused-ring (bicyclic) bond motifs is 2. The van der Waals surface area contributed by atoms with Crippen LogP contribution in [0.2, 0.25) is 0 Å². The summed E-state index contributed by atoms with van der Waals surface area (Å²) in [4.78, 5) is 11.2. The highest BCUT2D eigenvalue weighted by Gasteiger charge is 2.38. The molecule has 0 amide bonds. The highest BCUT2D eigenvalue weighted by Crippen LogP contribution is 2.39. The molecule has 1 aliphatic heterocycles. The van der Waals surface area contributed by atoms with Gasteiger partial charge in [0.25, 0.3) is 0 Å². The standard InChI is InChI=1S/C13H10F3NO3/c14-13(15,16)9-2-1-6(12(18)19)7-3-10-11(4-8(7)9)20-5-17-10/h1-2,4,10,17H,3,5H2,(H,18,19). The molecule has 1 heterocycles. The summed E-state index contributed by atoms with van der Waals surface area (Å²) in [6.45, 7) is 0.217. The predicted molar refractivity (Wildman–Crippen MR) is 63.0 cm³/mol. The van der Waals surface area contributed by atoms with Crippen molar-refractivity contribution in [2.75, 3.05) is 6.73 Å². The maximum absolute atomic E-state index is 13.0. The molecule has 3 rings (SSSR count). The third-order valence-corrected chi connectivity index (χ3v) is 3.50. The smallest absolute Gasteiger partial charge is 0.416 e. The van der Waals surface area contributed by atoms with E-state index in [4.69, 9.17) is 9.84 Å². The molecule has 1 fully saturated rings. The Morgan fingerprint density at radius 2 is 2.15 bits per heavy atom. The molecule has 1 atom stereocenters. The highest BCUT2D eigenvalue weighted by atomic mass is 19.4. The lowest BCUT2D eigenvalue weighted by Crippen LogP contribution is -2.29. The van der Waals surface area contributed by atoms with Gasteiger partial charge in [-0.1, -0.05) is 0 Å². The molecule has 1 saturated heterocycles. The van der Waals surface area contributed by atoms with Crippen molar-refractivity contribution in [3.05, 3.63) is 40.1 Å². The third kappa shape index (κ3) is 1.94. The molecule has 0 bridgehead atoms. The van der Waals surface area contributed by atoms with E-state index < -0.39 is 17.7 Å². The molecule has 2 aliphatic rings. The molecule has 1 unspecified atom stereocenters. The van der Waals surface area contributed by atoms with E-state index in [0.717, 1.165) is 12.1 Å². The Hall–Kier alpha value is -2.02. The lowest BCUT2D eigenvalue weighted by atomic mass is 9.86. The molecule has 1 aliphatic carbocycles. The third-order valence-electron chi connectivity index (χ3n) is 3.50. The summed E-state index contributed by atoms with van der Waals surface area (Å²) in [5.74, 6) is -0.809. The van der Waals surface area contributed by atoms with Gasteiger partial charge in [0.2, 0.25) is 0 Å². The first-order chi connectivity index (χ1) is 9.38. The molecule has 0 saturated carbocycles. The molecular weight excluding hydrogens is 275 g/mol. The zero-order valence-electron chi connectivity index (χ0n) is 10.1. The molecule has 1 aromatic carbocycles. The van der Waals surface area contributed by atoms with Crippen LogP contribution in [0.4, 0.5) is 13.2 Å². The van der Waals surface area contributed by atoms with Gasteiger partial charge in [0, 0.05) is 0 Å². The quantitative estimate of drug-likeness (QED) is 0.831. The van der Waals surface area contributed by atoms with Crippen molar-refractivity contribution in [1.82, 2.24) is 5.32 Å². The highest BCUT2D eigenvalue weighted by molar-refractivity contribution is 5.91. The summed E-state index contributed by atoms with van der Waals surface area (Å²) < 4.78 is 44.3. The first-order valence-corrected chi connectivity index (χ1v) is 5.92. The molecule has 1 aromatic rings. The number of benzene rings is 1. The van der Waals surface area contributed by atoms with E-state index in [9.17, 15) is 18.0 Å². The number of alkyl halides is 3. The predicted octanol–water partition coefficient (Wildman–Crippen LogP) is 2.25. The maximum Gasteiger partial charge on any atom is 0.416 e. The van der Waals surface area contributed by atoms with E-state index in [1.54, 1.807) is 0 Å². The number of hydrogen-bond acceptors (Lipinski definition) is 3. The zero-order chi connectivity index (χ0) is 14.5. The van der Waals surface area contributed by atoms with Gasteiger partial charge >= 0.3 is 12.1 Å². The van der Waals surface area contributed by atoms with Crippen molar-refractivity contribution in [2.24, 2.45) is 0 Å². The number of carboxylic acid groups (broad SMARTS) is 1. The van der Waals surface area contributed by atoms with Crippen molar-refractivity contribution < 1.29 is 27.8 Å². The molecule has 7 heteroatoms. The SMILES string of the molecule is O=C(O)c1ccc(C(F)(F)F)c2c1CC1NCOC1=C2. The fourth-order valence-electron chi connectivity index (χ4n) is 2.59. The topological polar surface area (TPSA) is 58.6 Å². The molecule has 0 radical (unpaired) electrons. The Morgan fingerprint density at radius 1 is 1.40 bits per heavy atom. The minimum atomic E-state index is -4.53. The average Bonchev–Trinajstić information content (AvgIpc) is 2.80. The Balaban J connectivity index is 2.23. The second kappa shape index (κ2) is 4.24. The summed E-state index contributed by atoms with van der Waals surface area (Å²) in [5, 5.41) is 12.1. The fraction of sp³-hybridized carbons (Fsp3) is 0.308. The lowest BCUT2D eigenvalue weighted by molar-refractivity contribution is -0.137. The molecule has 20 heavy (non-hydrogen) atoms. The Kier molecular flexibility index (Phi) is 2.75. The molecule has 106 valence electrons. The summed E-state index contributed by atoms with van der Waals surface area (Å²) in [6.07, 6.45) is -3.07. The van der Waals surface area contributed by atoms with Crippen LogP contribution in [0, 0.1) is 0 Å². The number of halogens is 3. The Bertz CT molecular complexity index is 622. The maximum atomic E-state index is 13.0. The number of carbonyl (C=O) groups is 1. The van der Waals surface area contributed by atoms with Crippen LogP contribution in [-0.4, -0.2) is 23.8 Å². The van der Waals surface area contributed by atoms with E-state index in [0.29, 0.717) is 5.76 Å². The summed E-state index contributed by atoms with van der Waals surface area (Å²) >= 11 is 0. The number of carboxylic acids is 1. The summed E-state index contributed by atoms with van der Waals surface area (Å²) in [6, 6.07) is 1.56. The molecule has 0 spiro atoms. The summed E-state index contributed by atoms with van der Waals surface area (Å²) in [7, 11) is 0. The normalized spacial score (nSPS) is 20.8. The number of hydrogen-bond donors (Lipinski definition) is 2. The minimum absolute atomic E-state index is 0.100. The van der Waals surface area contributed by atoms with Gasteiger partial charge in [-0.2, -0.15) is 13.2 Å². The van der Waals surface area contributed by atoms with Gasteiger partial charge in [-0.15, -0.1) is 0 Å². The van der Waals surface area contributed by atoms with Gasteiger partial charge in [-0.25, -0.2) is 4.79 Å². The monoisotopic (exact) mass is 285 g/mol. The first-order valence-electron chi connectivity index (χ1n) is 5.92. The van der Waals surface area contributed by atoms with Gasteiger partial charge < -0.3 is 9.84 Å². The van der Waals surface area contributed by atoms with Crippen LogP contribution in [0.25, 0.3) is 6.08 Å². The molecule has 4 nitrogen and oxygen atoms in total. The van der Waals surface area contributed by atoms with Gasteiger partial charge in [0.1, 0.15) is 12.5 Å². The van der Waals surface area contributed by atoms with Crippen LogP contribution in [-0.2, 0) is 17.3 Å². The van der Waals surface area contributed by atoms with Crippen molar-refractivity contribution >= 4 is 12.0 Å². The lowest BCUT2D eigenvalue weighted by Gasteiger charge is -2.23. The molecule has 2 N–H and O–H groups in total. The zero-order valence-corrected chi connectivity index (χ0v) is 10.1. The number of nitrogens with one attached hydrogen (secondary N) is 1. The van der Waals surface area contributed by atoms with Gasteiger partial charge in [0.05, 0.1) is 17.2 Å². The van der Waals surface area contributed by atoms with Crippen LogP contribution >= 0.6 is 0 Å². The second-order valence-electron chi connectivity index (χ2n) is 4.65. The van der Waals surface area contributed by atoms with E-state index in [1.807, 2.05) is 0 Å². The van der Waals surface area contributed by atoms with Crippen LogP contribution in [0.15, 0.2) is 17.9 Å². The number of aromatic carboxylic acids is 1. The van der Waals surface area contributed by atoms with Gasteiger partial charge in [0.15, 0.2) is 0 Å². The van der Waals surface area contributed by atoms with Crippen LogP contribution in [0.1, 0.15) is 27.0 Å². The van der Waals surface area contributed by atoms with Crippen LogP contribution < -0.4 is 5.32 Å². The second-order valence-corrected chi connectivity index (χ2v) is 4.65. The van der Waals surface area contributed by atoms with Crippen LogP contribution in [0.3, 0.4) is 0 Å². The largest absolute Gasteiger partial charge is 0.481 e. The number of rotatable bonds is 1. The summed E-state index contributed by atoms with van der Waals surface area (Å²) in [5.41, 5.74) is -0.845. The fourth-order valence-corrected chi connectivity index (χ4v) is 2.59. The van der Waals surface area contributed by atoms with E-state index in [-0.39, 0.29) is 35.9 Å². The minimum Gasteiger partial charge on any atom is -0.481 e. The van der Waals surface area contributed by atoms with E-state index in [1.165, 1.54) is 6.08 Å². The van der Waals surface area contributed by atoms with Gasteiger partial charge in [-0.05, 0) is 35.8 Å². The molecule has 0 aromatic heterocycles. The van der Waals surface area contributed by atoms with Crippen molar-refractivity contribution in [3.63, 3.8) is 0 Å². The molecular formula is C13H10F3NO3. The van der Waals surface area contributed by atoms with Crippen LogP contribution in [0.5, 0.6) is 0 Å². The van der Waals surface area contributed by atoms with Crippen molar-refractivity contribution in [1.29, 1.82) is 0 Å². The Labute approximate surface area is 111 Å². The average molecular weight is 285 g/mol. The first kappa shape index (κ1) is 13.0. The number of ether oxygens (including phenoxy) is 1. The van der Waals surface area contributed by atoms with E-state index in [2.05, 4.69) is 5.32 Å².